The van der Waals surface area contributed by atoms with Crippen LogP contribution in [0.4, 0.5) is 0 Å². The highest BCUT2D eigenvalue weighted by atomic mass is 32.2. The molecule has 2 heterocycles. The van der Waals surface area contributed by atoms with Crippen LogP contribution in [0.3, 0.4) is 0 Å². The minimum Gasteiger partial charge on any atom is -0.441 e. The zero-order chi connectivity index (χ0) is 14.9. The molecule has 0 bridgehead atoms. The Balaban J connectivity index is 1.51. The summed E-state index contributed by atoms with van der Waals surface area (Å²) in [5, 5.41) is 12.8. The molecule has 1 fully saturated rings. The number of tetrazole rings is 1. The lowest BCUT2D eigenvalue weighted by atomic mass is 10.2. The number of hydrogen-bond acceptors (Lipinski definition) is 6. The van der Waals surface area contributed by atoms with Crippen LogP contribution >= 0.6 is 11.8 Å². The molecule has 0 unspecified atom stereocenters. The van der Waals surface area contributed by atoms with Crippen LogP contribution in [0.2, 0.25) is 0 Å². The van der Waals surface area contributed by atoms with Gasteiger partial charge in [-0.3, -0.25) is 0 Å². The van der Waals surface area contributed by atoms with E-state index in [9.17, 15) is 0 Å². The van der Waals surface area contributed by atoms with E-state index in [4.69, 9.17) is 4.42 Å². The molecule has 1 saturated carbocycles. The minimum absolute atomic E-state index is 0.482. The van der Waals surface area contributed by atoms with E-state index >= 15 is 0 Å². The van der Waals surface area contributed by atoms with Crippen LogP contribution in [0.5, 0.6) is 0 Å². The van der Waals surface area contributed by atoms with Crippen LogP contribution < -0.4 is 0 Å². The first-order valence-corrected chi connectivity index (χ1v) is 8.22. The third-order valence-electron chi connectivity index (χ3n) is 3.61. The summed E-state index contributed by atoms with van der Waals surface area (Å²) in [5.41, 5.74) is 1.93. The average Bonchev–Trinajstić information content (AvgIpc) is 3.17. The molecule has 0 atom stereocenters. The fourth-order valence-corrected chi connectivity index (χ4v) is 3.17. The van der Waals surface area contributed by atoms with Crippen molar-refractivity contribution in [3.8, 4) is 11.5 Å². The van der Waals surface area contributed by atoms with Gasteiger partial charge in [-0.25, -0.2) is 9.67 Å². The fourth-order valence-electron chi connectivity index (χ4n) is 2.23. The second-order valence-corrected chi connectivity index (χ2v) is 6.26. The predicted octanol–water partition coefficient (Wildman–Crippen LogP) is 3.26. The van der Waals surface area contributed by atoms with Gasteiger partial charge in [0.2, 0.25) is 11.0 Å². The number of benzene rings is 1. The molecule has 2 aromatic heterocycles. The van der Waals surface area contributed by atoms with E-state index in [1.54, 1.807) is 11.8 Å². The molecule has 0 amide bonds. The predicted molar refractivity (Wildman–Crippen MR) is 82.3 cm³/mol. The maximum absolute atomic E-state index is 5.78. The van der Waals surface area contributed by atoms with Crippen molar-refractivity contribution in [3.63, 3.8) is 0 Å². The van der Waals surface area contributed by atoms with E-state index in [0.29, 0.717) is 17.7 Å². The summed E-state index contributed by atoms with van der Waals surface area (Å²) in [7, 11) is 0. The van der Waals surface area contributed by atoms with Crippen molar-refractivity contribution in [2.24, 2.45) is 0 Å². The molecule has 4 rings (SSSR count). The second kappa shape index (κ2) is 5.57. The minimum atomic E-state index is 0.482. The molecule has 112 valence electrons. The van der Waals surface area contributed by atoms with Gasteiger partial charge in [-0.2, -0.15) is 0 Å². The summed E-state index contributed by atoms with van der Waals surface area (Å²) in [4.78, 5) is 4.60. The smallest absolute Gasteiger partial charge is 0.226 e. The summed E-state index contributed by atoms with van der Waals surface area (Å²) in [6.45, 7) is 1.94. The number of thioether (sulfide) groups is 1. The average molecular weight is 313 g/mol. The molecule has 22 heavy (non-hydrogen) atoms. The quantitative estimate of drug-likeness (QED) is 0.673. The second-order valence-electron chi connectivity index (χ2n) is 5.31. The van der Waals surface area contributed by atoms with Crippen molar-refractivity contribution in [1.29, 1.82) is 0 Å². The van der Waals surface area contributed by atoms with E-state index in [2.05, 4.69) is 20.5 Å². The summed E-state index contributed by atoms with van der Waals surface area (Å²) in [6.07, 6.45) is 2.33. The highest BCUT2D eigenvalue weighted by molar-refractivity contribution is 7.98. The van der Waals surface area contributed by atoms with Crippen molar-refractivity contribution >= 4 is 11.8 Å². The Bertz CT molecular complexity index is 778. The maximum atomic E-state index is 5.78. The largest absolute Gasteiger partial charge is 0.441 e. The van der Waals surface area contributed by atoms with Crippen molar-refractivity contribution in [2.45, 2.75) is 36.7 Å². The number of oxazole rings is 1. The lowest BCUT2D eigenvalue weighted by Gasteiger charge is -2.00. The van der Waals surface area contributed by atoms with Crippen LogP contribution in [0.25, 0.3) is 11.5 Å². The number of hydrogen-bond donors (Lipinski definition) is 0. The molecule has 1 aromatic carbocycles. The topological polar surface area (TPSA) is 69.6 Å². The molecule has 1 aliphatic carbocycles. The summed E-state index contributed by atoms with van der Waals surface area (Å²) >= 11 is 1.60. The first kappa shape index (κ1) is 13.5. The Morgan fingerprint density at radius 3 is 2.86 bits per heavy atom. The van der Waals surface area contributed by atoms with Crippen LogP contribution in [0.1, 0.15) is 30.3 Å². The van der Waals surface area contributed by atoms with Crippen LogP contribution in [-0.4, -0.2) is 25.2 Å². The Morgan fingerprint density at radius 2 is 2.09 bits per heavy atom. The van der Waals surface area contributed by atoms with E-state index in [1.807, 2.05) is 41.9 Å². The van der Waals surface area contributed by atoms with Gasteiger partial charge in [-0.05, 0) is 42.3 Å². The van der Waals surface area contributed by atoms with Crippen molar-refractivity contribution in [3.05, 3.63) is 41.8 Å². The van der Waals surface area contributed by atoms with E-state index in [0.717, 1.165) is 22.2 Å². The van der Waals surface area contributed by atoms with E-state index in [1.165, 1.54) is 12.8 Å². The molecule has 1 aliphatic rings. The highest BCUT2D eigenvalue weighted by Gasteiger charge is 2.28. The van der Waals surface area contributed by atoms with Gasteiger partial charge < -0.3 is 4.42 Å². The highest BCUT2D eigenvalue weighted by Crippen LogP contribution is 2.37. The number of aromatic nitrogens is 5. The fraction of sp³-hybridized carbons (Fsp3) is 0.333. The van der Waals surface area contributed by atoms with Gasteiger partial charge in [-0.1, -0.05) is 30.0 Å². The van der Waals surface area contributed by atoms with Gasteiger partial charge in [-0.15, -0.1) is 5.10 Å². The van der Waals surface area contributed by atoms with Crippen molar-refractivity contribution in [2.75, 3.05) is 0 Å². The monoisotopic (exact) mass is 313 g/mol. The van der Waals surface area contributed by atoms with Gasteiger partial charge in [0.05, 0.1) is 11.7 Å². The molecule has 0 N–H and O–H groups in total. The molecular weight excluding hydrogens is 298 g/mol. The molecule has 7 heteroatoms. The normalized spacial score (nSPS) is 14.4. The third kappa shape index (κ3) is 2.64. The Labute approximate surface area is 131 Å². The first-order chi connectivity index (χ1) is 10.8. The summed E-state index contributed by atoms with van der Waals surface area (Å²) < 4.78 is 7.69. The van der Waals surface area contributed by atoms with Gasteiger partial charge in [0.1, 0.15) is 5.76 Å². The Morgan fingerprint density at radius 1 is 1.27 bits per heavy atom. The van der Waals surface area contributed by atoms with Crippen molar-refractivity contribution in [1.82, 2.24) is 25.2 Å². The van der Waals surface area contributed by atoms with E-state index in [-0.39, 0.29) is 0 Å². The number of rotatable bonds is 5. The molecule has 6 nitrogen and oxygen atoms in total. The lowest BCUT2D eigenvalue weighted by molar-refractivity contribution is 0.540. The molecule has 0 spiro atoms. The van der Waals surface area contributed by atoms with Gasteiger partial charge in [0.25, 0.3) is 0 Å². The molecule has 0 saturated heterocycles. The van der Waals surface area contributed by atoms with E-state index < -0.39 is 0 Å². The van der Waals surface area contributed by atoms with Crippen molar-refractivity contribution < 1.29 is 4.42 Å². The SMILES string of the molecule is Cc1oc(-c2ccccc2)nc1CSc1nnnn1C1CC1. The Hall–Kier alpha value is -2.15. The maximum Gasteiger partial charge on any atom is 0.226 e. The van der Waals surface area contributed by atoms with Gasteiger partial charge in [0, 0.05) is 11.3 Å². The first-order valence-electron chi connectivity index (χ1n) is 7.23. The number of aryl methyl sites for hydroxylation is 1. The molecule has 3 aromatic rings. The summed E-state index contributed by atoms with van der Waals surface area (Å²) in [5.74, 6) is 2.21. The molecular formula is C15H15N5OS. The van der Waals surface area contributed by atoms with Crippen LogP contribution in [-0.2, 0) is 5.75 Å². The lowest BCUT2D eigenvalue weighted by Crippen LogP contribution is -1.99. The van der Waals surface area contributed by atoms with Crippen LogP contribution in [0, 0.1) is 6.92 Å². The molecule has 0 aliphatic heterocycles. The number of nitrogens with zero attached hydrogens (tertiary/aromatic N) is 5. The molecule has 0 radical (unpaired) electrons. The van der Waals surface area contributed by atoms with Gasteiger partial charge in [0.15, 0.2) is 0 Å². The zero-order valence-corrected chi connectivity index (χ0v) is 13.0. The zero-order valence-electron chi connectivity index (χ0n) is 12.1. The third-order valence-corrected chi connectivity index (χ3v) is 4.55. The van der Waals surface area contributed by atoms with Crippen LogP contribution in [0.15, 0.2) is 39.9 Å². The van der Waals surface area contributed by atoms with Gasteiger partial charge >= 0.3 is 0 Å². The summed E-state index contributed by atoms with van der Waals surface area (Å²) in [6, 6.07) is 10.4. The standard InChI is InChI=1S/C15H15N5OS/c1-10-13(16-14(21-10)11-5-3-2-4-6-11)9-22-15-17-18-19-20(15)12-7-8-12/h2-6,12H,7-9H2,1H3. The Kier molecular flexibility index (Phi) is 3.42.